The monoisotopic (exact) mass is 463 g/mol. The fraction of sp³-hybridized carbons (Fsp3) is 0.214. The molecule has 0 saturated carbocycles. The highest BCUT2D eigenvalue weighted by Crippen LogP contribution is 2.32. The van der Waals surface area contributed by atoms with E-state index in [4.69, 9.17) is 9.97 Å². The normalized spacial score (nSPS) is 13.7. The van der Waals surface area contributed by atoms with E-state index in [-0.39, 0.29) is 11.6 Å². The smallest absolute Gasteiger partial charge is 0.337 e. The van der Waals surface area contributed by atoms with Gasteiger partial charge in [-0.2, -0.15) is 5.26 Å². The minimum atomic E-state index is -0.986. The topological polar surface area (TPSA) is 102 Å². The van der Waals surface area contributed by atoms with Gasteiger partial charge in [-0.15, -0.1) is 0 Å². The number of nitrogens with one attached hydrogen (secondary N) is 1. The van der Waals surface area contributed by atoms with Crippen molar-refractivity contribution in [1.82, 2.24) is 9.97 Å². The van der Waals surface area contributed by atoms with Gasteiger partial charge in [0.25, 0.3) is 0 Å². The number of rotatable bonds is 5. The number of hydrogen-bond acceptors (Lipinski definition) is 6. The molecular weight excluding hydrogens is 438 g/mol. The van der Waals surface area contributed by atoms with Crippen LogP contribution in [0.25, 0.3) is 11.0 Å². The molecular formula is C28H25N5O2. The van der Waals surface area contributed by atoms with E-state index in [1.165, 1.54) is 11.1 Å². The maximum atomic E-state index is 11.7. The lowest BCUT2D eigenvalue weighted by Gasteiger charge is -2.30. The number of fused-ring (bicyclic) bond motifs is 2. The van der Waals surface area contributed by atoms with Gasteiger partial charge in [-0.3, -0.25) is 0 Å². The second-order valence-electron chi connectivity index (χ2n) is 8.89. The average molecular weight is 464 g/mol. The molecule has 1 aliphatic heterocycles. The number of nitriles is 1. The first kappa shape index (κ1) is 22.4. The molecule has 1 unspecified atom stereocenters. The van der Waals surface area contributed by atoms with Crippen LogP contribution in [0.1, 0.15) is 51.3 Å². The van der Waals surface area contributed by atoms with Crippen molar-refractivity contribution in [2.24, 2.45) is 0 Å². The van der Waals surface area contributed by atoms with Crippen LogP contribution in [0.15, 0.2) is 60.7 Å². The summed E-state index contributed by atoms with van der Waals surface area (Å²) in [5.41, 5.74) is 6.86. The Bertz CT molecular complexity index is 1490. The molecule has 7 nitrogen and oxygen atoms in total. The fourth-order valence-electron chi connectivity index (χ4n) is 4.73. The molecule has 0 radical (unpaired) electrons. The highest BCUT2D eigenvalue weighted by atomic mass is 16.4. The molecule has 1 aliphatic rings. The Kier molecular flexibility index (Phi) is 5.79. The molecule has 0 fully saturated rings. The van der Waals surface area contributed by atoms with Crippen molar-refractivity contribution in [2.75, 3.05) is 16.8 Å². The fourth-order valence-corrected chi connectivity index (χ4v) is 4.73. The van der Waals surface area contributed by atoms with Crippen LogP contribution in [0, 0.1) is 18.3 Å². The van der Waals surface area contributed by atoms with Crippen molar-refractivity contribution in [3.05, 3.63) is 94.2 Å². The Morgan fingerprint density at radius 3 is 2.63 bits per heavy atom. The number of aryl methyl sites for hydroxylation is 1. The van der Waals surface area contributed by atoms with Crippen LogP contribution in [0.3, 0.4) is 0 Å². The van der Waals surface area contributed by atoms with E-state index >= 15 is 0 Å². The highest BCUT2D eigenvalue weighted by Gasteiger charge is 2.23. The van der Waals surface area contributed by atoms with Crippen molar-refractivity contribution in [3.8, 4) is 6.07 Å². The average Bonchev–Trinajstić information content (AvgIpc) is 2.87. The third-order valence-electron chi connectivity index (χ3n) is 6.46. The molecule has 174 valence electrons. The maximum absolute atomic E-state index is 11.7. The first-order valence-corrected chi connectivity index (χ1v) is 11.6. The van der Waals surface area contributed by atoms with E-state index in [0.717, 1.165) is 24.1 Å². The summed E-state index contributed by atoms with van der Waals surface area (Å²) in [6.07, 6.45) is 0.880. The first-order chi connectivity index (χ1) is 16.9. The number of carbonyl (C=O) groups is 1. The third kappa shape index (κ3) is 4.26. The number of aromatic nitrogens is 2. The summed E-state index contributed by atoms with van der Waals surface area (Å²) in [5, 5.41) is 22.8. The Hall–Kier alpha value is -4.44. The van der Waals surface area contributed by atoms with Gasteiger partial charge in [-0.05, 0) is 55.2 Å². The molecule has 1 atom stereocenters. The number of anilines is 2. The summed E-state index contributed by atoms with van der Waals surface area (Å²) < 4.78 is 0. The van der Waals surface area contributed by atoms with E-state index in [0.29, 0.717) is 34.8 Å². The molecule has 2 N–H and O–H groups in total. The van der Waals surface area contributed by atoms with Gasteiger partial charge >= 0.3 is 5.97 Å². The molecule has 0 amide bonds. The van der Waals surface area contributed by atoms with Crippen molar-refractivity contribution < 1.29 is 9.90 Å². The third-order valence-corrected chi connectivity index (χ3v) is 6.46. The van der Waals surface area contributed by atoms with Crippen LogP contribution in [0.4, 0.5) is 11.5 Å². The lowest BCUT2D eigenvalue weighted by atomic mass is 9.99. The zero-order chi connectivity index (χ0) is 24.5. The van der Waals surface area contributed by atoms with Crippen LogP contribution in [-0.2, 0) is 13.0 Å². The molecule has 5 rings (SSSR count). The van der Waals surface area contributed by atoms with E-state index in [2.05, 4.69) is 34.5 Å². The molecule has 0 saturated heterocycles. The van der Waals surface area contributed by atoms with Crippen molar-refractivity contribution in [1.29, 1.82) is 5.26 Å². The molecule has 1 aromatic heterocycles. The Morgan fingerprint density at radius 1 is 1.11 bits per heavy atom. The van der Waals surface area contributed by atoms with Crippen LogP contribution in [0.5, 0.6) is 0 Å². The maximum Gasteiger partial charge on any atom is 0.337 e. The minimum Gasteiger partial charge on any atom is -0.478 e. The Labute approximate surface area is 203 Å². The second kappa shape index (κ2) is 9.07. The Morgan fingerprint density at radius 2 is 1.86 bits per heavy atom. The summed E-state index contributed by atoms with van der Waals surface area (Å²) in [6.45, 7) is 5.38. The van der Waals surface area contributed by atoms with Crippen molar-refractivity contribution in [2.45, 2.75) is 32.9 Å². The summed E-state index contributed by atoms with van der Waals surface area (Å²) in [4.78, 5) is 23.5. The van der Waals surface area contributed by atoms with E-state index < -0.39 is 5.97 Å². The molecule has 2 heterocycles. The molecule has 4 aromatic rings. The summed E-state index contributed by atoms with van der Waals surface area (Å²) >= 11 is 0. The summed E-state index contributed by atoms with van der Waals surface area (Å²) in [7, 11) is 0. The molecule has 0 spiro atoms. The van der Waals surface area contributed by atoms with Gasteiger partial charge in [-0.25, -0.2) is 14.8 Å². The van der Waals surface area contributed by atoms with Crippen LogP contribution in [0.2, 0.25) is 0 Å². The number of carboxylic acid groups (broad SMARTS) is 1. The molecule has 3 aromatic carbocycles. The zero-order valence-electron chi connectivity index (χ0n) is 19.6. The van der Waals surface area contributed by atoms with Crippen molar-refractivity contribution >= 4 is 28.5 Å². The number of benzene rings is 3. The Balaban J connectivity index is 1.58. The molecule has 7 heteroatoms. The lowest BCUT2D eigenvalue weighted by Crippen LogP contribution is -2.32. The standard InChI is InChI=1S/C28H25N5O2/c1-17-13-22(18(2)30-23-10-6-5-9-21(23)28(34)35)26-24(14-17)31-25(15-29)27(32-26)33-12-11-19-7-3-4-8-20(19)16-33/h3-10,13-14,18,30H,11-12,16H2,1-2H3,(H,34,35). The highest BCUT2D eigenvalue weighted by molar-refractivity contribution is 5.94. The molecule has 0 bridgehead atoms. The molecule has 35 heavy (non-hydrogen) atoms. The predicted octanol–water partition coefficient (Wildman–Crippen LogP) is 5.24. The van der Waals surface area contributed by atoms with Gasteiger partial charge < -0.3 is 15.3 Å². The number of hydrogen-bond donors (Lipinski definition) is 2. The van der Waals surface area contributed by atoms with Crippen LogP contribution < -0.4 is 10.2 Å². The second-order valence-corrected chi connectivity index (χ2v) is 8.89. The van der Waals surface area contributed by atoms with E-state index in [1.54, 1.807) is 24.3 Å². The molecule has 0 aliphatic carbocycles. The quantitative estimate of drug-likeness (QED) is 0.417. The summed E-state index contributed by atoms with van der Waals surface area (Å²) in [6, 6.07) is 21.2. The zero-order valence-corrected chi connectivity index (χ0v) is 19.6. The van der Waals surface area contributed by atoms with Crippen LogP contribution in [-0.4, -0.2) is 27.6 Å². The number of carboxylic acids is 1. The van der Waals surface area contributed by atoms with Gasteiger partial charge in [0.1, 0.15) is 6.07 Å². The number of aromatic carboxylic acids is 1. The van der Waals surface area contributed by atoms with E-state index in [1.807, 2.05) is 32.0 Å². The van der Waals surface area contributed by atoms with Gasteiger partial charge in [0.15, 0.2) is 11.5 Å². The number of nitrogens with zero attached hydrogens (tertiary/aromatic N) is 4. The summed E-state index contributed by atoms with van der Waals surface area (Å²) in [5.74, 6) is -0.404. The van der Waals surface area contributed by atoms with Crippen molar-refractivity contribution in [3.63, 3.8) is 0 Å². The SMILES string of the molecule is Cc1cc(C(C)Nc2ccccc2C(=O)O)c2nc(N3CCc4ccccc4C3)c(C#N)nc2c1. The lowest BCUT2D eigenvalue weighted by molar-refractivity contribution is 0.0698. The van der Waals surface area contributed by atoms with E-state index in [9.17, 15) is 15.2 Å². The predicted molar refractivity (Wildman–Crippen MR) is 136 cm³/mol. The minimum absolute atomic E-state index is 0.210. The van der Waals surface area contributed by atoms with Gasteiger partial charge in [0.05, 0.1) is 22.6 Å². The first-order valence-electron chi connectivity index (χ1n) is 11.6. The number of para-hydroxylation sites is 1. The van der Waals surface area contributed by atoms with Gasteiger partial charge in [0, 0.05) is 24.3 Å². The largest absolute Gasteiger partial charge is 0.478 e. The van der Waals surface area contributed by atoms with Gasteiger partial charge in [-0.1, -0.05) is 42.5 Å². The van der Waals surface area contributed by atoms with Crippen LogP contribution >= 0.6 is 0 Å². The van der Waals surface area contributed by atoms with Gasteiger partial charge in [0.2, 0.25) is 0 Å².